The molecule has 0 aromatic rings. The fourth-order valence-corrected chi connectivity index (χ4v) is 5.70. The SMILES string of the molecule is CCOC(=O)[C@@]1(NC(=O)[C@@H]2C[C@@H](O)CN2C(=O)OC(C)(C)C)C[C@H]1C#CCCCCC[C@H](NC(=O)C(F)(F)F)C(=O)OCC[Si](C)(C)C. The molecule has 12 nitrogen and oxygen atoms in total. The molecule has 5 atom stereocenters. The van der Waals surface area contributed by atoms with Crippen molar-refractivity contribution in [1.29, 1.82) is 0 Å². The summed E-state index contributed by atoms with van der Waals surface area (Å²) in [6.45, 7) is 12.9. The van der Waals surface area contributed by atoms with E-state index in [2.05, 4.69) is 36.8 Å². The van der Waals surface area contributed by atoms with E-state index in [1.54, 1.807) is 33.0 Å². The average Bonchev–Trinajstić information content (AvgIpc) is 3.48. The maximum atomic E-state index is 13.3. The minimum Gasteiger partial charge on any atom is -0.464 e. The summed E-state index contributed by atoms with van der Waals surface area (Å²) in [6.07, 6.45) is -5.03. The van der Waals surface area contributed by atoms with Gasteiger partial charge in [-0.1, -0.05) is 38.4 Å². The lowest BCUT2D eigenvalue weighted by Crippen LogP contribution is -2.54. The van der Waals surface area contributed by atoms with Crippen LogP contribution < -0.4 is 10.6 Å². The van der Waals surface area contributed by atoms with Crippen LogP contribution in [0.2, 0.25) is 25.7 Å². The molecular weight excluding hydrogens is 655 g/mol. The lowest BCUT2D eigenvalue weighted by atomic mass is 10.1. The first-order valence-corrected chi connectivity index (χ1v) is 20.0. The third-order valence-electron chi connectivity index (χ3n) is 7.67. The molecule has 0 bridgehead atoms. The number of aliphatic hydroxyl groups is 1. The predicted octanol–water partition coefficient (Wildman–Crippen LogP) is 3.68. The monoisotopic (exact) mass is 705 g/mol. The first-order valence-electron chi connectivity index (χ1n) is 16.3. The van der Waals surface area contributed by atoms with Crippen LogP contribution in [-0.4, -0.2) is 103 Å². The second-order valence-corrected chi connectivity index (χ2v) is 20.0. The van der Waals surface area contributed by atoms with E-state index in [1.807, 2.05) is 0 Å². The number of ether oxygens (including phenoxy) is 3. The molecule has 16 heteroatoms. The molecule has 0 unspecified atom stereocenters. The fourth-order valence-electron chi connectivity index (χ4n) is 4.98. The molecule has 0 radical (unpaired) electrons. The Kier molecular flexibility index (Phi) is 14.4. The van der Waals surface area contributed by atoms with Crippen molar-refractivity contribution in [2.24, 2.45) is 5.92 Å². The highest BCUT2D eigenvalue weighted by molar-refractivity contribution is 6.76. The number of hydrogen-bond donors (Lipinski definition) is 3. The Bertz CT molecular complexity index is 1240. The van der Waals surface area contributed by atoms with Crippen molar-refractivity contribution in [2.45, 2.75) is 134 Å². The Morgan fingerprint density at radius 3 is 2.31 bits per heavy atom. The Hall–Kier alpha value is -3.32. The van der Waals surface area contributed by atoms with Gasteiger partial charge >= 0.3 is 30.1 Å². The molecule has 2 fully saturated rings. The Morgan fingerprint density at radius 2 is 1.73 bits per heavy atom. The van der Waals surface area contributed by atoms with Crippen LogP contribution in [0.15, 0.2) is 0 Å². The number of carbonyl (C=O) groups excluding carboxylic acids is 5. The minimum absolute atomic E-state index is 0.0305. The zero-order valence-corrected chi connectivity index (χ0v) is 29.9. The molecule has 1 saturated heterocycles. The minimum atomic E-state index is -5.14. The van der Waals surface area contributed by atoms with Crippen molar-refractivity contribution in [3.63, 3.8) is 0 Å². The molecule has 2 rings (SSSR count). The topological polar surface area (TPSA) is 161 Å². The summed E-state index contributed by atoms with van der Waals surface area (Å²) < 4.78 is 54.3. The lowest BCUT2D eigenvalue weighted by molar-refractivity contribution is -0.176. The molecule has 1 aliphatic heterocycles. The van der Waals surface area contributed by atoms with Gasteiger partial charge in [0.1, 0.15) is 17.7 Å². The van der Waals surface area contributed by atoms with Gasteiger partial charge in [0.05, 0.1) is 31.8 Å². The molecule has 0 spiro atoms. The van der Waals surface area contributed by atoms with E-state index in [0.29, 0.717) is 31.7 Å². The Labute approximate surface area is 281 Å². The van der Waals surface area contributed by atoms with Crippen LogP contribution in [0.3, 0.4) is 0 Å². The van der Waals surface area contributed by atoms with Crippen molar-refractivity contribution in [1.82, 2.24) is 15.5 Å². The number of carbonyl (C=O) groups is 5. The maximum Gasteiger partial charge on any atom is 0.471 e. The molecular formula is C32H50F3N3O9Si. The number of halogens is 3. The number of β-amino-alcohol motifs (C(OH)–C–C–N with tert-alkyl or cyclic N) is 1. The first kappa shape index (κ1) is 40.9. The van der Waals surface area contributed by atoms with Crippen LogP contribution >= 0.6 is 0 Å². The molecule has 0 aromatic heterocycles. The molecule has 2 aliphatic rings. The average molecular weight is 706 g/mol. The van der Waals surface area contributed by atoms with Crippen LogP contribution in [0.4, 0.5) is 18.0 Å². The summed E-state index contributed by atoms with van der Waals surface area (Å²) in [5.41, 5.74) is -2.23. The van der Waals surface area contributed by atoms with Gasteiger partial charge in [0.2, 0.25) is 5.91 Å². The third-order valence-corrected chi connectivity index (χ3v) is 9.38. The van der Waals surface area contributed by atoms with Crippen LogP contribution in [-0.2, 0) is 33.4 Å². The van der Waals surface area contributed by atoms with Gasteiger partial charge in [-0.05, 0) is 53.0 Å². The number of aliphatic hydroxyl groups excluding tert-OH is 1. The van der Waals surface area contributed by atoms with Gasteiger partial charge < -0.3 is 30.0 Å². The van der Waals surface area contributed by atoms with Crippen LogP contribution in [0, 0.1) is 17.8 Å². The number of nitrogens with one attached hydrogen (secondary N) is 2. The lowest BCUT2D eigenvalue weighted by Gasteiger charge is -2.28. The smallest absolute Gasteiger partial charge is 0.464 e. The van der Waals surface area contributed by atoms with Crippen LogP contribution in [0.5, 0.6) is 0 Å². The fraction of sp³-hybridized carbons (Fsp3) is 0.781. The van der Waals surface area contributed by atoms with Crippen molar-refractivity contribution in [3.05, 3.63) is 0 Å². The van der Waals surface area contributed by atoms with E-state index in [1.165, 1.54) is 0 Å². The summed E-state index contributed by atoms with van der Waals surface area (Å²) in [4.78, 5) is 64.0. The number of alkyl halides is 3. The molecule has 1 saturated carbocycles. The second-order valence-electron chi connectivity index (χ2n) is 14.4. The van der Waals surface area contributed by atoms with Gasteiger partial charge in [-0.25, -0.2) is 14.4 Å². The van der Waals surface area contributed by atoms with E-state index in [-0.39, 0.29) is 39.0 Å². The van der Waals surface area contributed by atoms with E-state index in [0.717, 1.165) is 4.90 Å². The van der Waals surface area contributed by atoms with Crippen molar-refractivity contribution >= 4 is 37.9 Å². The number of amides is 3. The zero-order valence-electron chi connectivity index (χ0n) is 28.9. The summed E-state index contributed by atoms with van der Waals surface area (Å²) in [7, 11) is -1.55. The normalized spacial score (nSPS) is 22.9. The van der Waals surface area contributed by atoms with Gasteiger partial charge in [0, 0.05) is 20.9 Å². The van der Waals surface area contributed by atoms with E-state index >= 15 is 0 Å². The van der Waals surface area contributed by atoms with Gasteiger partial charge in [0.25, 0.3) is 0 Å². The quantitative estimate of drug-likeness (QED) is 0.0806. The molecule has 1 aliphatic carbocycles. The number of esters is 2. The van der Waals surface area contributed by atoms with Crippen LogP contribution in [0.25, 0.3) is 0 Å². The van der Waals surface area contributed by atoms with Gasteiger partial charge in [0.15, 0.2) is 5.54 Å². The van der Waals surface area contributed by atoms with Crippen LogP contribution in [0.1, 0.15) is 72.6 Å². The number of nitrogens with zero attached hydrogens (tertiary/aromatic N) is 1. The van der Waals surface area contributed by atoms with Crippen molar-refractivity contribution in [2.75, 3.05) is 19.8 Å². The van der Waals surface area contributed by atoms with Crippen molar-refractivity contribution in [3.8, 4) is 11.8 Å². The summed E-state index contributed by atoms with van der Waals surface area (Å²) in [5, 5.41) is 14.6. The van der Waals surface area contributed by atoms with E-state index in [9.17, 15) is 42.3 Å². The summed E-state index contributed by atoms with van der Waals surface area (Å²) >= 11 is 0. The second kappa shape index (κ2) is 16.9. The van der Waals surface area contributed by atoms with Gasteiger partial charge in [-0.2, -0.15) is 13.2 Å². The summed E-state index contributed by atoms with van der Waals surface area (Å²) in [6, 6.07) is -1.86. The first-order chi connectivity index (χ1) is 22.1. The zero-order chi connectivity index (χ0) is 36.5. The Balaban J connectivity index is 1.95. The van der Waals surface area contributed by atoms with Gasteiger partial charge in [-0.15, -0.1) is 5.92 Å². The van der Waals surface area contributed by atoms with Crippen molar-refractivity contribution < 1.29 is 56.5 Å². The standard InChI is InChI=1S/C32H50F3N3O9Si/c1-8-45-28(43)31(37-25(40)24-18-22(39)20-38(24)29(44)47-30(2,3)4)19-21(31)14-12-10-9-11-13-15-23(36-27(42)32(33,34)35)26(41)46-16-17-48(5,6)7/h21-24,39H,8-11,13,15-20H2,1-7H3,(H,36,42)(H,37,40)/t21-,22-,23+,24+,31-/m1/s1. The Morgan fingerprint density at radius 1 is 1.06 bits per heavy atom. The molecule has 272 valence electrons. The molecule has 1 heterocycles. The maximum absolute atomic E-state index is 13.3. The number of rotatable bonds is 14. The highest BCUT2D eigenvalue weighted by Crippen LogP contribution is 2.44. The largest absolute Gasteiger partial charge is 0.471 e. The van der Waals surface area contributed by atoms with E-state index < -0.39 is 79.3 Å². The predicted molar refractivity (Wildman–Crippen MR) is 171 cm³/mol. The number of hydrogen-bond acceptors (Lipinski definition) is 9. The molecule has 0 aromatic carbocycles. The number of unbranched alkanes of at least 4 members (excludes halogenated alkanes) is 3. The molecule has 48 heavy (non-hydrogen) atoms. The number of likely N-dealkylation sites (tertiary alicyclic amines) is 1. The molecule has 3 N–H and O–H groups in total. The van der Waals surface area contributed by atoms with E-state index in [4.69, 9.17) is 14.2 Å². The molecule has 3 amide bonds. The summed E-state index contributed by atoms with van der Waals surface area (Å²) in [5.74, 6) is 0.975. The third kappa shape index (κ3) is 12.9. The highest BCUT2D eigenvalue weighted by atomic mass is 28.3. The highest BCUT2D eigenvalue weighted by Gasteiger charge is 2.63. The van der Waals surface area contributed by atoms with Gasteiger partial charge in [-0.3, -0.25) is 14.5 Å².